The first kappa shape index (κ1) is 18.1. The van der Waals surface area contributed by atoms with Gasteiger partial charge in [-0.3, -0.25) is 9.59 Å². The summed E-state index contributed by atoms with van der Waals surface area (Å²) in [6.07, 6.45) is 2.28. The number of nitrogens with one attached hydrogen (secondary N) is 1. The molecular weight excluding hydrogens is 331 g/mol. The zero-order valence-electron chi connectivity index (χ0n) is 14.7. The van der Waals surface area contributed by atoms with Gasteiger partial charge in [-0.2, -0.15) is 0 Å². The molecule has 1 fully saturated rings. The second kappa shape index (κ2) is 8.61. The summed E-state index contributed by atoms with van der Waals surface area (Å²) in [5.41, 5.74) is 1.26. The third kappa shape index (κ3) is 4.48. The van der Waals surface area contributed by atoms with Gasteiger partial charge in [-0.1, -0.05) is 42.5 Å². The number of halogens is 1. The van der Waals surface area contributed by atoms with Crippen LogP contribution in [0.5, 0.6) is 0 Å². The minimum absolute atomic E-state index is 0.00191. The molecule has 2 amide bonds. The molecule has 3 rings (SSSR count). The minimum Gasteiger partial charge on any atom is -0.351 e. The monoisotopic (exact) mass is 354 g/mol. The van der Waals surface area contributed by atoms with Gasteiger partial charge in [-0.15, -0.1) is 0 Å². The van der Waals surface area contributed by atoms with Crippen LogP contribution in [0.15, 0.2) is 54.6 Å². The molecule has 1 heterocycles. The van der Waals surface area contributed by atoms with Gasteiger partial charge in [0.05, 0.1) is 5.56 Å². The summed E-state index contributed by atoms with van der Waals surface area (Å²) in [6, 6.07) is 16.1. The van der Waals surface area contributed by atoms with E-state index in [4.69, 9.17) is 0 Å². The number of nitrogens with zero attached hydrogens (tertiary/aromatic N) is 1. The number of carbonyl (C=O) groups excluding carboxylic acids is 2. The van der Waals surface area contributed by atoms with E-state index in [9.17, 15) is 14.0 Å². The van der Waals surface area contributed by atoms with Gasteiger partial charge < -0.3 is 10.2 Å². The van der Waals surface area contributed by atoms with E-state index in [2.05, 4.69) is 17.4 Å². The first-order chi connectivity index (χ1) is 12.6. The van der Waals surface area contributed by atoms with Crippen molar-refractivity contribution in [2.45, 2.75) is 25.2 Å². The van der Waals surface area contributed by atoms with E-state index in [1.165, 1.54) is 23.8 Å². The number of hydrogen-bond acceptors (Lipinski definition) is 2. The van der Waals surface area contributed by atoms with Crippen LogP contribution in [-0.2, 0) is 4.79 Å². The van der Waals surface area contributed by atoms with Crippen molar-refractivity contribution in [3.8, 4) is 0 Å². The Kier molecular flexibility index (Phi) is 6.00. The van der Waals surface area contributed by atoms with Gasteiger partial charge in [-0.25, -0.2) is 4.39 Å². The topological polar surface area (TPSA) is 49.4 Å². The van der Waals surface area contributed by atoms with E-state index in [0.29, 0.717) is 12.5 Å². The van der Waals surface area contributed by atoms with Crippen LogP contribution in [0.2, 0.25) is 0 Å². The van der Waals surface area contributed by atoms with Gasteiger partial charge in [0.1, 0.15) is 5.82 Å². The molecule has 1 atom stereocenters. The molecule has 2 aromatic rings. The number of carbonyl (C=O) groups is 2. The van der Waals surface area contributed by atoms with E-state index >= 15 is 0 Å². The molecule has 0 saturated carbocycles. The number of piperidine rings is 1. The van der Waals surface area contributed by atoms with Crippen molar-refractivity contribution in [3.63, 3.8) is 0 Å². The number of hydrogen-bond donors (Lipinski definition) is 1. The molecule has 2 aromatic carbocycles. The van der Waals surface area contributed by atoms with Crippen molar-refractivity contribution in [2.75, 3.05) is 19.6 Å². The maximum absolute atomic E-state index is 13.6. The SMILES string of the molecule is O=C(NCCC(=O)N1CCC[C@@H](c2ccccc2)C1)c1ccccc1F. The van der Waals surface area contributed by atoms with E-state index < -0.39 is 11.7 Å². The number of amides is 2. The molecule has 0 unspecified atom stereocenters. The van der Waals surface area contributed by atoms with Gasteiger partial charge in [0.15, 0.2) is 0 Å². The Balaban J connectivity index is 1.49. The average Bonchev–Trinajstić information content (AvgIpc) is 2.69. The van der Waals surface area contributed by atoms with Crippen molar-refractivity contribution < 1.29 is 14.0 Å². The Hall–Kier alpha value is -2.69. The fourth-order valence-electron chi connectivity index (χ4n) is 3.38. The lowest BCUT2D eigenvalue weighted by molar-refractivity contribution is -0.132. The molecule has 0 bridgehead atoms. The zero-order chi connectivity index (χ0) is 18.4. The third-order valence-electron chi connectivity index (χ3n) is 4.79. The summed E-state index contributed by atoms with van der Waals surface area (Å²) < 4.78 is 13.6. The summed E-state index contributed by atoms with van der Waals surface area (Å²) in [5, 5.41) is 2.63. The molecule has 0 spiro atoms. The summed E-state index contributed by atoms with van der Waals surface area (Å²) in [7, 11) is 0. The first-order valence-corrected chi connectivity index (χ1v) is 9.00. The van der Waals surface area contributed by atoms with Crippen molar-refractivity contribution in [1.82, 2.24) is 10.2 Å². The van der Waals surface area contributed by atoms with Crippen LogP contribution in [-0.4, -0.2) is 36.3 Å². The van der Waals surface area contributed by atoms with Gasteiger partial charge in [0.2, 0.25) is 5.91 Å². The summed E-state index contributed by atoms with van der Waals surface area (Å²) in [5.74, 6) is -0.656. The van der Waals surface area contributed by atoms with Crippen molar-refractivity contribution in [1.29, 1.82) is 0 Å². The molecule has 136 valence electrons. The van der Waals surface area contributed by atoms with Crippen LogP contribution in [0.25, 0.3) is 0 Å². The summed E-state index contributed by atoms with van der Waals surface area (Å²) >= 11 is 0. The van der Waals surface area contributed by atoms with Gasteiger partial charge >= 0.3 is 0 Å². The Labute approximate surface area is 153 Å². The van der Waals surface area contributed by atoms with Crippen LogP contribution in [0.4, 0.5) is 4.39 Å². The molecule has 1 aliphatic rings. The molecule has 4 nitrogen and oxygen atoms in total. The molecule has 1 N–H and O–H groups in total. The molecule has 0 radical (unpaired) electrons. The van der Waals surface area contributed by atoms with E-state index in [1.807, 2.05) is 23.1 Å². The van der Waals surface area contributed by atoms with Crippen LogP contribution < -0.4 is 5.32 Å². The van der Waals surface area contributed by atoms with Crippen molar-refractivity contribution in [3.05, 3.63) is 71.5 Å². The lowest BCUT2D eigenvalue weighted by atomic mass is 9.90. The molecule has 0 aliphatic carbocycles. The largest absolute Gasteiger partial charge is 0.351 e. The number of likely N-dealkylation sites (tertiary alicyclic amines) is 1. The van der Waals surface area contributed by atoms with Gasteiger partial charge in [-0.05, 0) is 30.5 Å². The van der Waals surface area contributed by atoms with Crippen LogP contribution >= 0.6 is 0 Å². The second-order valence-corrected chi connectivity index (χ2v) is 6.58. The highest BCUT2D eigenvalue weighted by Crippen LogP contribution is 2.26. The van der Waals surface area contributed by atoms with Gasteiger partial charge in [0.25, 0.3) is 5.91 Å². The highest BCUT2D eigenvalue weighted by atomic mass is 19.1. The molecule has 5 heteroatoms. The van der Waals surface area contributed by atoms with Crippen LogP contribution in [0.1, 0.15) is 41.1 Å². The molecular formula is C21H23FN2O2. The zero-order valence-corrected chi connectivity index (χ0v) is 14.7. The molecule has 0 aromatic heterocycles. The standard InChI is InChI=1S/C21H23FN2O2/c22-19-11-5-4-10-18(19)21(26)23-13-12-20(25)24-14-6-9-17(15-24)16-7-2-1-3-8-16/h1-5,7-8,10-11,17H,6,9,12-15H2,(H,23,26)/t17-/m1/s1. The lowest BCUT2D eigenvalue weighted by Gasteiger charge is -2.33. The first-order valence-electron chi connectivity index (χ1n) is 9.00. The Bertz CT molecular complexity index is 764. The Morgan fingerprint density at radius 3 is 2.58 bits per heavy atom. The summed E-state index contributed by atoms with van der Waals surface area (Å²) in [4.78, 5) is 26.3. The average molecular weight is 354 g/mol. The van der Waals surface area contributed by atoms with E-state index in [-0.39, 0.29) is 24.4 Å². The normalized spacial score (nSPS) is 17.0. The Morgan fingerprint density at radius 2 is 1.81 bits per heavy atom. The predicted molar refractivity (Wildman–Crippen MR) is 98.3 cm³/mol. The fraction of sp³-hybridized carbons (Fsp3) is 0.333. The van der Waals surface area contributed by atoms with Gasteiger partial charge in [0, 0.05) is 32.0 Å². The van der Waals surface area contributed by atoms with E-state index in [1.54, 1.807) is 6.07 Å². The van der Waals surface area contributed by atoms with Crippen LogP contribution in [0.3, 0.4) is 0 Å². The Morgan fingerprint density at radius 1 is 1.08 bits per heavy atom. The van der Waals surface area contributed by atoms with E-state index in [0.717, 1.165) is 19.4 Å². The number of benzene rings is 2. The minimum atomic E-state index is -0.557. The maximum atomic E-state index is 13.6. The van der Waals surface area contributed by atoms with Crippen molar-refractivity contribution >= 4 is 11.8 Å². The maximum Gasteiger partial charge on any atom is 0.254 e. The van der Waals surface area contributed by atoms with Crippen molar-refractivity contribution in [2.24, 2.45) is 0 Å². The molecule has 1 saturated heterocycles. The fourth-order valence-corrected chi connectivity index (χ4v) is 3.38. The number of rotatable bonds is 5. The highest BCUT2D eigenvalue weighted by molar-refractivity contribution is 5.94. The molecule has 1 aliphatic heterocycles. The summed E-state index contributed by atoms with van der Waals surface area (Å²) in [6.45, 7) is 1.67. The lowest BCUT2D eigenvalue weighted by Crippen LogP contribution is -2.40. The van der Waals surface area contributed by atoms with Crippen LogP contribution in [0, 0.1) is 5.82 Å². The second-order valence-electron chi connectivity index (χ2n) is 6.58. The molecule has 26 heavy (non-hydrogen) atoms. The smallest absolute Gasteiger partial charge is 0.254 e. The third-order valence-corrected chi connectivity index (χ3v) is 4.79. The predicted octanol–water partition coefficient (Wildman–Crippen LogP) is 3.35. The highest BCUT2D eigenvalue weighted by Gasteiger charge is 2.24. The quantitative estimate of drug-likeness (QED) is 0.895.